The molecule has 1 aromatic carbocycles. The van der Waals surface area contributed by atoms with E-state index in [9.17, 15) is 4.79 Å². The average molecular weight is 573 g/mol. The van der Waals surface area contributed by atoms with Gasteiger partial charge in [0.25, 0.3) is 0 Å². The van der Waals surface area contributed by atoms with Crippen molar-refractivity contribution in [2.75, 3.05) is 32.1 Å². The fourth-order valence-electron chi connectivity index (χ4n) is 4.67. The van der Waals surface area contributed by atoms with E-state index in [0.29, 0.717) is 18.3 Å². The summed E-state index contributed by atoms with van der Waals surface area (Å²) in [6.07, 6.45) is 6.54. The number of aromatic nitrogens is 4. The van der Waals surface area contributed by atoms with Crippen molar-refractivity contribution >= 4 is 34.3 Å². The number of ether oxygens (including phenoxy) is 1. The van der Waals surface area contributed by atoms with E-state index in [1.165, 1.54) is 36.8 Å². The Labute approximate surface area is 245 Å². The number of rotatable bonds is 8. The molecule has 0 unspecified atom stereocenters. The van der Waals surface area contributed by atoms with Gasteiger partial charge in [-0.05, 0) is 64.1 Å². The van der Waals surface area contributed by atoms with Gasteiger partial charge in [0.1, 0.15) is 23.3 Å². The molecule has 0 radical (unpaired) electrons. The van der Waals surface area contributed by atoms with Gasteiger partial charge >= 0.3 is 5.97 Å². The Bertz CT molecular complexity index is 1190. The Hall–Kier alpha value is -2.71. The highest BCUT2D eigenvalue weighted by Crippen LogP contribution is 2.28. The number of fused-ring (bicyclic) bond motifs is 1. The number of para-hydroxylation sites is 1. The van der Waals surface area contributed by atoms with Gasteiger partial charge in [0.15, 0.2) is 0 Å². The molecular formula is C31H49ClN6O2. The minimum atomic E-state index is -0.312. The van der Waals surface area contributed by atoms with Crippen molar-refractivity contribution in [1.29, 1.82) is 0 Å². The minimum absolute atomic E-state index is 0.0635. The number of aryl methyl sites for hydroxylation is 2. The first-order valence-corrected chi connectivity index (χ1v) is 15.0. The lowest BCUT2D eigenvalue weighted by Gasteiger charge is -2.26. The summed E-state index contributed by atoms with van der Waals surface area (Å²) in [6, 6.07) is 8.06. The van der Waals surface area contributed by atoms with E-state index in [1.54, 1.807) is 6.92 Å². The standard InChI is InChI=1S/C17H28ClN3O2.C11H13N3.C3H8/c1-4-23-16(22)11-21-17(18)15(13(3)20-21)10-19-9-14-7-5-12(2)6-8-14;1-8-12-10-7-5-4-6-9(10)11(13-8)14(2)3;1-3-2/h12,14,19H,4-11H2,1-3H3;4-7H,1-3H3;3H2,1-2H3. The Morgan fingerprint density at radius 3 is 2.38 bits per heavy atom. The predicted octanol–water partition coefficient (Wildman–Crippen LogP) is 6.74. The number of esters is 1. The second-order valence-corrected chi connectivity index (χ2v) is 11.1. The van der Waals surface area contributed by atoms with Crippen molar-refractivity contribution in [3.63, 3.8) is 0 Å². The maximum atomic E-state index is 11.6. The van der Waals surface area contributed by atoms with Crippen LogP contribution in [0.4, 0.5) is 5.82 Å². The molecule has 8 nitrogen and oxygen atoms in total. The third-order valence-corrected chi connectivity index (χ3v) is 7.18. The fraction of sp³-hybridized carbons (Fsp3) is 0.613. The molecule has 0 aliphatic heterocycles. The minimum Gasteiger partial charge on any atom is -0.465 e. The van der Waals surface area contributed by atoms with Crippen molar-refractivity contribution in [2.24, 2.45) is 11.8 Å². The molecule has 0 amide bonds. The molecule has 222 valence electrons. The molecule has 0 saturated heterocycles. The molecular weight excluding hydrogens is 524 g/mol. The molecule has 1 aliphatic carbocycles. The van der Waals surface area contributed by atoms with Crippen LogP contribution in [0.1, 0.15) is 76.9 Å². The lowest BCUT2D eigenvalue weighted by atomic mass is 9.83. The van der Waals surface area contributed by atoms with Crippen LogP contribution in [0.15, 0.2) is 24.3 Å². The summed E-state index contributed by atoms with van der Waals surface area (Å²) in [5.74, 6) is 3.12. The number of benzene rings is 1. The zero-order valence-corrected chi connectivity index (χ0v) is 26.5. The quantitative estimate of drug-likeness (QED) is 0.299. The third-order valence-electron chi connectivity index (χ3n) is 6.76. The third kappa shape index (κ3) is 10.4. The van der Waals surface area contributed by atoms with Crippen LogP contribution in [0, 0.1) is 25.7 Å². The van der Waals surface area contributed by atoms with Crippen LogP contribution in [0.3, 0.4) is 0 Å². The number of anilines is 1. The SMILES string of the molecule is CCC.CCOC(=O)Cn1nc(C)c(CNCC2CCC(C)CC2)c1Cl.Cc1nc(N(C)C)c2ccccc2n1. The maximum absolute atomic E-state index is 11.6. The number of nitrogens with one attached hydrogen (secondary N) is 1. The van der Waals surface area contributed by atoms with Gasteiger partial charge in [-0.3, -0.25) is 4.79 Å². The molecule has 4 rings (SSSR count). The van der Waals surface area contributed by atoms with E-state index < -0.39 is 0 Å². The van der Waals surface area contributed by atoms with Gasteiger partial charge < -0.3 is 15.0 Å². The average Bonchev–Trinajstić information content (AvgIpc) is 3.17. The van der Waals surface area contributed by atoms with Crippen LogP contribution in [0.2, 0.25) is 5.15 Å². The van der Waals surface area contributed by atoms with Crippen molar-refractivity contribution in [3.8, 4) is 0 Å². The molecule has 1 saturated carbocycles. The summed E-state index contributed by atoms with van der Waals surface area (Å²) in [5.41, 5.74) is 2.84. The maximum Gasteiger partial charge on any atom is 0.327 e. The first-order valence-electron chi connectivity index (χ1n) is 14.6. The summed E-state index contributed by atoms with van der Waals surface area (Å²) < 4.78 is 6.47. The topological polar surface area (TPSA) is 85.2 Å². The predicted molar refractivity (Wildman–Crippen MR) is 166 cm³/mol. The van der Waals surface area contributed by atoms with Crippen molar-refractivity contribution < 1.29 is 9.53 Å². The second kappa shape index (κ2) is 17.2. The Kier molecular flexibility index (Phi) is 14.4. The van der Waals surface area contributed by atoms with E-state index in [2.05, 4.69) is 41.2 Å². The Balaban J connectivity index is 0.000000279. The molecule has 0 bridgehead atoms. The molecule has 1 fully saturated rings. The van der Waals surface area contributed by atoms with E-state index >= 15 is 0 Å². The van der Waals surface area contributed by atoms with Crippen LogP contribution in [-0.2, 0) is 22.6 Å². The van der Waals surface area contributed by atoms with Gasteiger partial charge in [-0.15, -0.1) is 0 Å². The van der Waals surface area contributed by atoms with Crippen LogP contribution < -0.4 is 10.2 Å². The van der Waals surface area contributed by atoms with E-state index in [4.69, 9.17) is 16.3 Å². The van der Waals surface area contributed by atoms with Gasteiger partial charge in [-0.2, -0.15) is 5.10 Å². The molecule has 40 heavy (non-hydrogen) atoms. The highest BCUT2D eigenvalue weighted by molar-refractivity contribution is 6.30. The van der Waals surface area contributed by atoms with Gasteiger partial charge in [0.05, 0.1) is 17.8 Å². The molecule has 1 aliphatic rings. The fourth-order valence-corrected chi connectivity index (χ4v) is 4.97. The zero-order valence-electron chi connectivity index (χ0n) is 25.8. The highest BCUT2D eigenvalue weighted by atomic mass is 35.5. The second-order valence-electron chi connectivity index (χ2n) is 10.8. The summed E-state index contributed by atoms with van der Waals surface area (Å²) >= 11 is 6.37. The van der Waals surface area contributed by atoms with Crippen LogP contribution >= 0.6 is 11.6 Å². The molecule has 9 heteroatoms. The monoisotopic (exact) mass is 572 g/mol. The van der Waals surface area contributed by atoms with Crippen LogP contribution in [0.25, 0.3) is 10.9 Å². The summed E-state index contributed by atoms with van der Waals surface area (Å²) in [6.45, 7) is 14.4. The van der Waals surface area contributed by atoms with Gasteiger partial charge in [0, 0.05) is 31.6 Å². The summed E-state index contributed by atoms with van der Waals surface area (Å²) in [7, 11) is 3.99. The Morgan fingerprint density at radius 1 is 1.10 bits per heavy atom. The lowest BCUT2D eigenvalue weighted by Crippen LogP contribution is -2.26. The van der Waals surface area contributed by atoms with E-state index in [-0.39, 0.29) is 12.5 Å². The number of hydrogen-bond donors (Lipinski definition) is 1. The number of halogens is 1. The van der Waals surface area contributed by atoms with Crippen LogP contribution in [0.5, 0.6) is 0 Å². The molecule has 3 aromatic rings. The number of carbonyl (C=O) groups is 1. The molecule has 0 spiro atoms. The Morgan fingerprint density at radius 2 is 1.75 bits per heavy atom. The van der Waals surface area contributed by atoms with Crippen molar-refractivity contribution in [1.82, 2.24) is 25.1 Å². The molecule has 2 heterocycles. The number of carbonyl (C=O) groups excluding carboxylic acids is 1. The number of hydrogen-bond acceptors (Lipinski definition) is 7. The smallest absolute Gasteiger partial charge is 0.327 e. The first kappa shape index (κ1) is 33.5. The first-order chi connectivity index (χ1) is 19.1. The highest BCUT2D eigenvalue weighted by Gasteiger charge is 2.19. The lowest BCUT2D eigenvalue weighted by molar-refractivity contribution is -0.144. The van der Waals surface area contributed by atoms with Gasteiger partial charge in [-0.1, -0.05) is 63.8 Å². The van der Waals surface area contributed by atoms with Gasteiger partial charge in [0.2, 0.25) is 0 Å². The van der Waals surface area contributed by atoms with E-state index in [1.807, 2.05) is 57.1 Å². The van der Waals surface area contributed by atoms with E-state index in [0.717, 1.165) is 52.2 Å². The van der Waals surface area contributed by atoms with Crippen LogP contribution in [-0.4, -0.2) is 53.0 Å². The molecule has 0 atom stereocenters. The zero-order chi connectivity index (χ0) is 29.7. The van der Waals surface area contributed by atoms with Crippen molar-refractivity contribution in [3.05, 3.63) is 46.5 Å². The number of nitrogens with zero attached hydrogens (tertiary/aromatic N) is 5. The molecule has 2 aromatic heterocycles. The van der Waals surface area contributed by atoms with Crippen molar-refractivity contribution in [2.45, 2.75) is 86.7 Å². The summed E-state index contributed by atoms with van der Waals surface area (Å²) in [5, 5.41) is 9.49. The summed E-state index contributed by atoms with van der Waals surface area (Å²) in [4.78, 5) is 22.4. The normalized spacial score (nSPS) is 16.4. The van der Waals surface area contributed by atoms with Gasteiger partial charge in [-0.25, -0.2) is 14.6 Å². The largest absolute Gasteiger partial charge is 0.465 e. The molecule has 1 N–H and O–H groups in total.